The fourth-order valence-corrected chi connectivity index (χ4v) is 4.13. The maximum Gasteiger partial charge on any atom is 0.338 e. The number of rotatable bonds is 6. The highest BCUT2D eigenvalue weighted by molar-refractivity contribution is 5.89. The third-order valence-electron chi connectivity index (χ3n) is 5.50. The van der Waals surface area contributed by atoms with Crippen molar-refractivity contribution in [2.24, 2.45) is 5.92 Å². The predicted octanol–water partition coefficient (Wildman–Crippen LogP) is 4.19. The Balaban J connectivity index is 1.35. The number of benzene rings is 2. The Hall–Kier alpha value is -2.66. The normalized spacial score (nSPS) is 17.7. The van der Waals surface area contributed by atoms with Crippen LogP contribution in [0.1, 0.15) is 41.3 Å². The summed E-state index contributed by atoms with van der Waals surface area (Å²) in [4.78, 5) is 14.3. The summed E-state index contributed by atoms with van der Waals surface area (Å²) in [6, 6.07) is 14.4. The van der Waals surface area contributed by atoms with Gasteiger partial charge in [0.1, 0.15) is 0 Å². The van der Waals surface area contributed by atoms with Gasteiger partial charge in [-0.05, 0) is 74.0 Å². The van der Waals surface area contributed by atoms with Crippen molar-refractivity contribution in [1.29, 1.82) is 0 Å². The van der Waals surface area contributed by atoms with Crippen molar-refractivity contribution < 1.29 is 9.53 Å². The van der Waals surface area contributed by atoms with Crippen molar-refractivity contribution in [3.63, 3.8) is 0 Å². The molecule has 4 rings (SSSR count). The Bertz CT molecular complexity index is 932. The fraction of sp³-hybridized carbons (Fsp3) is 0.391. The summed E-state index contributed by atoms with van der Waals surface area (Å²) in [5, 5.41) is 8.32. The van der Waals surface area contributed by atoms with E-state index >= 15 is 0 Å². The van der Waals surface area contributed by atoms with Crippen LogP contribution in [0.2, 0.25) is 0 Å². The molecule has 0 radical (unpaired) electrons. The van der Waals surface area contributed by atoms with Crippen LogP contribution in [0.5, 0.6) is 0 Å². The number of aromatic nitrogens is 2. The average molecular weight is 377 g/mol. The van der Waals surface area contributed by atoms with Crippen LogP contribution >= 0.6 is 0 Å². The van der Waals surface area contributed by atoms with Crippen LogP contribution in [-0.2, 0) is 17.7 Å². The Morgan fingerprint density at radius 2 is 2.04 bits per heavy atom. The number of aromatic amines is 1. The molecule has 0 amide bonds. The van der Waals surface area contributed by atoms with E-state index in [1.807, 2.05) is 37.4 Å². The van der Waals surface area contributed by atoms with Crippen molar-refractivity contribution in [1.82, 2.24) is 15.1 Å². The summed E-state index contributed by atoms with van der Waals surface area (Å²) < 4.78 is 5.05. The van der Waals surface area contributed by atoms with Crippen LogP contribution in [-0.4, -0.2) is 40.8 Å². The van der Waals surface area contributed by atoms with Gasteiger partial charge in [0, 0.05) is 18.5 Å². The van der Waals surface area contributed by atoms with E-state index in [1.165, 1.54) is 29.4 Å². The third-order valence-corrected chi connectivity index (χ3v) is 5.50. The number of hydrogen-bond acceptors (Lipinski definition) is 4. The summed E-state index contributed by atoms with van der Waals surface area (Å²) in [7, 11) is 0. The molecule has 0 unspecified atom stereocenters. The van der Waals surface area contributed by atoms with Gasteiger partial charge in [-0.2, -0.15) is 5.10 Å². The molecule has 0 bridgehead atoms. The number of likely N-dealkylation sites (tertiary alicyclic amines) is 1. The molecule has 1 saturated heterocycles. The van der Waals surface area contributed by atoms with Gasteiger partial charge in [0.05, 0.1) is 23.9 Å². The quantitative estimate of drug-likeness (QED) is 0.654. The first-order chi connectivity index (χ1) is 13.7. The Morgan fingerprint density at radius 1 is 1.21 bits per heavy atom. The molecular weight excluding hydrogens is 350 g/mol. The van der Waals surface area contributed by atoms with Crippen LogP contribution < -0.4 is 0 Å². The van der Waals surface area contributed by atoms with Crippen LogP contribution in [0.3, 0.4) is 0 Å². The highest BCUT2D eigenvalue weighted by Gasteiger charge is 2.20. The molecule has 28 heavy (non-hydrogen) atoms. The van der Waals surface area contributed by atoms with Crippen molar-refractivity contribution in [2.45, 2.75) is 32.7 Å². The van der Waals surface area contributed by atoms with Gasteiger partial charge in [-0.3, -0.25) is 10.00 Å². The highest BCUT2D eigenvalue weighted by atomic mass is 16.5. The van der Waals surface area contributed by atoms with Crippen LogP contribution in [0.25, 0.3) is 10.9 Å². The topological polar surface area (TPSA) is 58.2 Å². The van der Waals surface area contributed by atoms with Crippen molar-refractivity contribution in [3.8, 4) is 0 Å². The van der Waals surface area contributed by atoms with E-state index in [0.717, 1.165) is 31.6 Å². The molecule has 146 valence electrons. The number of nitrogens with one attached hydrogen (secondary N) is 1. The lowest BCUT2D eigenvalue weighted by molar-refractivity contribution is 0.0526. The van der Waals surface area contributed by atoms with E-state index in [0.29, 0.717) is 18.1 Å². The number of H-pyrrole nitrogens is 1. The molecule has 0 spiro atoms. The number of hydrogen-bond donors (Lipinski definition) is 1. The van der Waals surface area contributed by atoms with Gasteiger partial charge in [-0.15, -0.1) is 0 Å². The number of carbonyl (C=O) groups excluding carboxylic acids is 1. The van der Waals surface area contributed by atoms with Gasteiger partial charge >= 0.3 is 5.97 Å². The zero-order valence-corrected chi connectivity index (χ0v) is 16.4. The van der Waals surface area contributed by atoms with Crippen LogP contribution in [0.4, 0.5) is 0 Å². The second-order valence-corrected chi connectivity index (χ2v) is 7.66. The highest BCUT2D eigenvalue weighted by Crippen LogP contribution is 2.24. The summed E-state index contributed by atoms with van der Waals surface area (Å²) in [5.41, 5.74) is 4.35. The molecule has 1 atom stereocenters. The number of fused-ring (bicyclic) bond motifs is 1. The number of ether oxygens (including phenoxy) is 1. The van der Waals surface area contributed by atoms with Gasteiger partial charge in [-0.1, -0.05) is 18.2 Å². The number of nitrogens with zero attached hydrogens (tertiary/aromatic N) is 2. The van der Waals surface area contributed by atoms with Gasteiger partial charge in [0.25, 0.3) is 0 Å². The lowest BCUT2D eigenvalue weighted by Gasteiger charge is -2.33. The molecule has 1 aromatic heterocycles. The van der Waals surface area contributed by atoms with E-state index in [-0.39, 0.29) is 5.97 Å². The average Bonchev–Trinajstić information content (AvgIpc) is 3.17. The molecule has 2 aromatic carbocycles. The van der Waals surface area contributed by atoms with Gasteiger partial charge in [0.15, 0.2) is 0 Å². The number of piperidine rings is 1. The molecule has 5 nitrogen and oxygen atoms in total. The SMILES string of the molecule is CCOC(=O)c1ccc(CN2CCC[C@@H](Cc3ccc4[nH]ncc4c3)C2)cc1. The minimum atomic E-state index is -0.248. The van der Waals surface area contributed by atoms with E-state index in [4.69, 9.17) is 4.74 Å². The molecule has 5 heteroatoms. The Kier molecular flexibility index (Phi) is 5.72. The molecule has 2 heterocycles. The first-order valence-corrected chi connectivity index (χ1v) is 10.1. The number of esters is 1. The molecule has 0 saturated carbocycles. The van der Waals surface area contributed by atoms with Crippen LogP contribution in [0.15, 0.2) is 48.7 Å². The molecule has 1 N–H and O–H groups in total. The first-order valence-electron chi connectivity index (χ1n) is 10.1. The lowest BCUT2D eigenvalue weighted by atomic mass is 9.90. The fourth-order valence-electron chi connectivity index (χ4n) is 4.13. The summed E-state index contributed by atoms with van der Waals surface area (Å²) >= 11 is 0. The maximum absolute atomic E-state index is 11.8. The first kappa shape index (κ1) is 18.7. The minimum Gasteiger partial charge on any atom is -0.462 e. The minimum absolute atomic E-state index is 0.248. The second-order valence-electron chi connectivity index (χ2n) is 7.66. The second kappa shape index (κ2) is 8.57. The van der Waals surface area contributed by atoms with Crippen LogP contribution in [0, 0.1) is 5.92 Å². The number of carbonyl (C=O) groups is 1. The van der Waals surface area contributed by atoms with E-state index < -0.39 is 0 Å². The summed E-state index contributed by atoms with van der Waals surface area (Å²) in [6.07, 6.45) is 5.52. The summed E-state index contributed by atoms with van der Waals surface area (Å²) in [5.74, 6) is 0.429. The van der Waals surface area contributed by atoms with E-state index in [1.54, 1.807) is 0 Å². The smallest absolute Gasteiger partial charge is 0.338 e. The van der Waals surface area contributed by atoms with Gasteiger partial charge in [0.2, 0.25) is 0 Å². The maximum atomic E-state index is 11.8. The largest absolute Gasteiger partial charge is 0.462 e. The van der Waals surface area contributed by atoms with Crippen molar-refractivity contribution >= 4 is 16.9 Å². The van der Waals surface area contributed by atoms with E-state index in [2.05, 4.69) is 33.3 Å². The molecule has 1 aliphatic rings. The standard InChI is InChI=1S/C23H27N3O2/c1-2-28-23(27)20-8-5-17(6-9-20)15-26-11-3-4-19(16-26)12-18-7-10-22-21(13-18)14-24-25-22/h5-10,13-14,19H,2-4,11-12,15-16H2,1H3,(H,24,25)/t19-/m0/s1. The predicted molar refractivity (Wildman–Crippen MR) is 110 cm³/mol. The molecule has 0 aliphatic carbocycles. The zero-order chi connectivity index (χ0) is 19.3. The monoisotopic (exact) mass is 377 g/mol. The molecule has 1 fully saturated rings. The Labute approximate surface area is 165 Å². The van der Waals surface area contributed by atoms with Gasteiger partial charge < -0.3 is 4.74 Å². The van der Waals surface area contributed by atoms with Gasteiger partial charge in [-0.25, -0.2) is 4.79 Å². The van der Waals surface area contributed by atoms with Crippen molar-refractivity contribution in [3.05, 3.63) is 65.4 Å². The van der Waals surface area contributed by atoms with Crippen molar-refractivity contribution in [2.75, 3.05) is 19.7 Å². The lowest BCUT2D eigenvalue weighted by Crippen LogP contribution is -2.35. The van der Waals surface area contributed by atoms with E-state index in [9.17, 15) is 4.79 Å². The Morgan fingerprint density at radius 3 is 2.86 bits per heavy atom. The summed E-state index contributed by atoms with van der Waals surface area (Å²) in [6.45, 7) is 5.41. The zero-order valence-electron chi connectivity index (χ0n) is 16.4. The molecule has 3 aromatic rings. The third kappa shape index (κ3) is 4.42. The molecule has 1 aliphatic heterocycles. The molecular formula is C23H27N3O2.